The minimum absolute atomic E-state index is 0.0294. The van der Waals surface area contributed by atoms with Gasteiger partial charge in [-0.25, -0.2) is 8.42 Å². The summed E-state index contributed by atoms with van der Waals surface area (Å²) in [6.45, 7) is 0. The molecule has 5 rings (SSSR count). The molecule has 35 heavy (non-hydrogen) atoms. The molecule has 4 nitrogen and oxygen atoms in total. The maximum absolute atomic E-state index is 13.1. The molecule has 0 heterocycles. The molecule has 2 N–H and O–H groups in total. The second-order valence-corrected chi connectivity index (χ2v) is 10.5. The first-order valence-electron chi connectivity index (χ1n) is 11.4. The molecule has 0 fully saturated rings. The molecule has 0 aliphatic rings. The number of aromatic hydroxyl groups is 2. The number of hydrogen-bond acceptors (Lipinski definition) is 4. The minimum atomic E-state index is -3.59. The molecule has 0 aromatic heterocycles. The second-order valence-electron chi connectivity index (χ2n) is 8.39. The van der Waals surface area contributed by atoms with Crippen LogP contribution in [0.15, 0.2) is 114 Å². The molecule has 174 valence electrons. The van der Waals surface area contributed by atoms with E-state index in [9.17, 15) is 18.6 Å². The molecule has 0 radical (unpaired) electrons. The highest BCUT2D eigenvalue weighted by atomic mass is 32.2. The van der Waals surface area contributed by atoms with Gasteiger partial charge in [0.1, 0.15) is 11.5 Å². The summed E-state index contributed by atoms with van der Waals surface area (Å²) >= 11 is 0. The smallest absolute Gasteiger partial charge is 0.178 e. The molecule has 0 aliphatic carbocycles. The van der Waals surface area contributed by atoms with Crippen LogP contribution in [0.1, 0.15) is 5.56 Å². The zero-order valence-corrected chi connectivity index (χ0v) is 19.7. The average molecular weight is 481 g/mol. The van der Waals surface area contributed by atoms with Gasteiger partial charge in [0, 0.05) is 22.1 Å². The fourth-order valence-corrected chi connectivity index (χ4v) is 5.87. The van der Waals surface area contributed by atoms with Crippen molar-refractivity contribution >= 4 is 20.6 Å². The summed E-state index contributed by atoms with van der Waals surface area (Å²) in [6.07, 6.45) is 0.0808. The van der Waals surface area contributed by atoms with E-state index in [0.717, 1.165) is 16.5 Å². The molecule has 0 amide bonds. The quantitative estimate of drug-likeness (QED) is 0.287. The fourth-order valence-electron chi connectivity index (χ4n) is 4.59. The van der Waals surface area contributed by atoms with Crippen LogP contribution in [-0.2, 0) is 16.3 Å². The Hall–Kier alpha value is -4.09. The van der Waals surface area contributed by atoms with Crippen LogP contribution in [0.4, 0.5) is 0 Å². The highest BCUT2D eigenvalue weighted by molar-refractivity contribution is 7.91. The first-order valence-corrected chi connectivity index (χ1v) is 13.0. The van der Waals surface area contributed by atoms with Crippen LogP contribution in [0, 0.1) is 0 Å². The van der Waals surface area contributed by atoms with Crippen molar-refractivity contribution < 1.29 is 18.6 Å². The normalized spacial score (nSPS) is 11.5. The SMILES string of the molecule is O=S(=O)(CCc1c(-c2ccccc2O)c(-c2ccccc2)c2ccccc2c1O)c1ccccc1. The maximum Gasteiger partial charge on any atom is 0.178 e. The zero-order valence-electron chi connectivity index (χ0n) is 18.9. The molecule has 0 aliphatic heterocycles. The van der Waals surface area contributed by atoms with Gasteiger partial charge >= 0.3 is 0 Å². The van der Waals surface area contributed by atoms with E-state index in [4.69, 9.17) is 0 Å². The number of hydrogen-bond donors (Lipinski definition) is 2. The van der Waals surface area contributed by atoms with E-state index >= 15 is 0 Å². The van der Waals surface area contributed by atoms with E-state index in [0.29, 0.717) is 22.1 Å². The monoisotopic (exact) mass is 480 g/mol. The van der Waals surface area contributed by atoms with Crippen molar-refractivity contribution in [2.45, 2.75) is 11.3 Å². The lowest BCUT2D eigenvalue weighted by molar-refractivity contribution is 0.474. The van der Waals surface area contributed by atoms with Crippen molar-refractivity contribution in [3.05, 3.63) is 115 Å². The number of phenolic OH excluding ortho intramolecular Hbond substituents is 2. The number of para-hydroxylation sites is 1. The lowest BCUT2D eigenvalue weighted by Crippen LogP contribution is -2.10. The summed E-state index contributed by atoms with van der Waals surface area (Å²) in [5.74, 6) is -0.0918. The van der Waals surface area contributed by atoms with Crippen LogP contribution >= 0.6 is 0 Å². The third-order valence-corrected chi connectivity index (χ3v) is 7.98. The predicted molar refractivity (Wildman–Crippen MR) is 140 cm³/mol. The molecule has 5 aromatic carbocycles. The van der Waals surface area contributed by atoms with Crippen molar-refractivity contribution in [3.8, 4) is 33.8 Å². The Bertz CT molecular complexity index is 1610. The van der Waals surface area contributed by atoms with Gasteiger partial charge in [0.05, 0.1) is 10.6 Å². The van der Waals surface area contributed by atoms with E-state index in [2.05, 4.69) is 0 Å². The van der Waals surface area contributed by atoms with E-state index in [1.54, 1.807) is 48.5 Å². The van der Waals surface area contributed by atoms with Crippen LogP contribution in [0.5, 0.6) is 11.5 Å². The van der Waals surface area contributed by atoms with Crippen LogP contribution in [-0.4, -0.2) is 24.4 Å². The van der Waals surface area contributed by atoms with Gasteiger partial charge < -0.3 is 10.2 Å². The minimum Gasteiger partial charge on any atom is -0.507 e. The summed E-state index contributed by atoms with van der Waals surface area (Å²) in [6, 6.07) is 32.6. The third kappa shape index (κ3) is 4.27. The van der Waals surface area contributed by atoms with Gasteiger partial charge in [-0.2, -0.15) is 0 Å². The average Bonchev–Trinajstić information content (AvgIpc) is 2.89. The number of phenols is 2. The molecule has 0 saturated carbocycles. The summed E-state index contributed by atoms with van der Waals surface area (Å²) in [4.78, 5) is 0.243. The second kappa shape index (κ2) is 9.28. The summed E-state index contributed by atoms with van der Waals surface area (Å²) in [7, 11) is -3.59. The first-order chi connectivity index (χ1) is 17.0. The summed E-state index contributed by atoms with van der Waals surface area (Å²) in [5, 5.41) is 23.7. The first kappa shape index (κ1) is 22.7. The lowest BCUT2D eigenvalue weighted by atomic mass is 9.84. The van der Waals surface area contributed by atoms with Crippen molar-refractivity contribution in [3.63, 3.8) is 0 Å². The molecular formula is C30H24O4S. The van der Waals surface area contributed by atoms with E-state index in [-0.39, 0.29) is 28.6 Å². The van der Waals surface area contributed by atoms with Crippen molar-refractivity contribution in [2.75, 3.05) is 5.75 Å². The number of benzene rings is 5. The Morgan fingerprint density at radius 2 is 1.17 bits per heavy atom. The number of rotatable bonds is 6. The van der Waals surface area contributed by atoms with Gasteiger partial charge in [-0.3, -0.25) is 0 Å². The van der Waals surface area contributed by atoms with E-state index < -0.39 is 9.84 Å². The lowest BCUT2D eigenvalue weighted by Gasteiger charge is -2.21. The fraction of sp³-hybridized carbons (Fsp3) is 0.0667. The molecule has 0 saturated heterocycles. The summed E-state index contributed by atoms with van der Waals surface area (Å²) in [5.41, 5.74) is 3.42. The largest absolute Gasteiger partial charge is 0.507 e. The standard InChI is InChI=1S/C30H24O4S/c31-27-18-10-9-17-25(27)29-26(19-20-35(33,34)22-13-5-2-6-14-22)30(32)24-16-8-7-15-23(24)28(29)21-11-3-1-4-12-21/h1-18,31-32H,19-20H2. The van der Waals surface area contributed by atoms with E-state index in [1.807, 2.05) is 60.7 Å². The maximum atomic E-state index is 13.1. The number of fused-ring (bicyclic) bond motifs is 1. The van der Waals surface area contributed by atoms with Crippen LogP contribution < -0.4 is 0 Å². The van der Waals surface area contributed by atoms with Crippen LogP contribution in [0.25, 0.3) is 33.0 Å². The Balaban J connectivity index is 1.80. The molecule has 0 bridgehead atoms. The van der Waals surface area contributed by atoms with Gasteiger partial charge in [-0.1, -0.05) is 91.0 Å². The Morgan fingerprint density at radius 1 is 0.600 bits per heavy atom. The van der Waals surface area contributed by atoms with Gasteiger partial charge in [0.25, 0.3) is 0 Å². The summed E-state index contributed by atoms with van der Waals surface area (Å²) < 4.78 is 26.2. The molecule has 0 atom stereocenters. The third-order valence-electron chi connectivity index (χ3n) is 6.25. The molecule has 0 spiro atoms. The van der Waals surface area contributed by atoms with Crippen molar-refractivity contribution in [1.82, 2.24) is 0 Å². The van der Waals surface area contributed by atoms with Crippen molar-refractivity contribution in [2.24, 2.45) is 0 Å². The van der Waals surface area contributed by atoms with E-state index in [1.165, 1.54) is 0 Å². The highest BCUT2D eigenvalue weighted by Crippen LogP contribution is 2.48. The Labute approximate surface area is 204 Å². The van der Waals surface area contributed by atoms with Crippen LogP contribution in [0.3, 0.4) is 0 Å². The predicted octanol–water partition coefficient (Wildman–Crippen LogP) is 6.60. The molecule has 5 heteroatoms. The molecule has 5 aromatic rings. The molecular weight excluding hydrogens is 456 g/mol. The Kier molecular flexibility index (Phi) is 6.01. The van der Waals surface area contributed by atoms with Gasteiger partial charge in [0.15, 0.2) is 9.84 Å². The van der Waals surface area contributed by atoms with Gasteiger partial charge in [0.2, 0.25) is 0 Å². The van der Waals surface area contributed by atoms with Gasteiger partial charge in [-0.05, 0) is 41.1 Å². The zero-order chi connectivity index (χ0) is 24.4. The van der Waals surface area contributed by atoms with Crippen LogP contribution in [0.2, 0.25) is 0 Å². The number of sulfone groups is 1. The van der Waals surface area contributed by atoms with Gasteiger partial charge in [-0.15, -0.1) is 0 Å². The topological polar surface area (TPSA) is 74.6 Å². The molecule has 0 unspecified atom stereocenters. The van der Waals surface area contributed by atoms with Crippen molar-refractivity contribution in [1.29, 1.82) is 0 Å². The highest BCUT2D eigenvalue weighted by Gasteiger charge is 2.25. The Morgan fingerprint density at radius 3 is 1.86 bits per heavy atom.